The summed E-state index contributed by atoms with van der Waals surface area (Å²) in [6.07, 6.45) is 1.78. The first-order valence-corrected chi connectivity index (χ1v) is 6.25. The summed E-state index contributed by atoms with van der Waals surface area (Å²) in [5, 5.41) is 0. The Morgan fingerprint density at radius 3 is 2.82 bits per heavy atom. The first-order chi connectivity index (χ1) is 8.17. The number of likely N-dealkylation sites (tertiary alicyclic amines) is 1. The summed E-state index contributed by atoms with van der Waals surface area (Å²) in [6, 6.07) is 1.80. The number of hydrogen-bond acceptors (Lipinski definition) is 4. The van der Waals surface area contributed by atoms with Gasteiger partial charge in [-0.05, 0) is 28.7 Å². The quantitative estimate of drug-likeness (QED) is 0.770. The van der Waals surface area contributed by atoms with Crippen molar-refractivity contribution in [3.05, 3.63) is 21.4 Å². The zero-order chi connectivity index (χ0) is 12.4. The molecule has 92 valence electrons. The minimum Gasteiger partial charge on any atom is -0.480 e. The van der Waals surface area contributed by atoms with Gasteiger partial charge in [0.1, 0.15) is 5.56 Å². The molecule has 2 heterocycles. The molecule has 0 bridgehead atoms. The van der Waals surface area contributed by atoms with Crippen LogP contribution in [0.4, 0.5) is 0 Å². The van der Waals surface area contributed by atoms with Gasteiger partial charge in [0, 0.05) is 30.0 Å². The molecule has 2 rings (SSSR count). The van der Waals surface area contributed by atoms with Crippen molar-refractivity contribution in [2.45, 2.75) is 6.10 Å². The number of aromatic nitrogens is 1. The molecule has 0 N–H and O–H groups in total. The van der Waals surface area contributed by atoms with Crippen LogP contribution in [0.3, 0.4) is 0 Å². The van der Waals surface area contributed by atoms with Gasteiger partial charge in [-0.25, -0.2) is 4.98 Å². The summed E-state index contributed by atoms with van der Waals surface area (Å²) in [4.78, 5) is 18.0. The zero-order valence-electron chi connectivity index (χ0n) is 9.64. The van der Waals surface area contributed by atoms with Gasteiger partial charge in [-0.2, -0.15) is 0 Å². The number of nitrogens with zero attached hydrogens (tertiary/aromatic N) is 2. The molecule has 0 aliphatic carbocycles. The molecule has 5 nitrogen and oxygen atoms in total. The van der Waals surface area contributed by atoms with Crippen molar-refractivity contribution in [3.63, 3.8) is 0 Å². The first kappa shape index (κ1) is 12.6. The van der Waals surface area contributed by atoms with E-state index in [0.29, 0.717) is 24.5 Å². The molecule has 1 aromatic heterocycles. The summed E-state index contributed by atoms with van der Waals surface area (Å²) in [5.41, 5.74) is 0.533. The number of hydrogen-bond donors (Lipinski definition) is 0. The summed E-state index contributed by atoms with van der Waals surface area (Å²) < 4.78 is 11.1. The second-order valence-electron chi connectivity index (χ2n) is 3.74. The Morgan fingerprint density at radius 2 is 2.24 bits per heavy atom. The Morgan fingerprint density at radius 1 is 1.53 bits per heavy atom. The second kappa shape index (κ2) is 5.18. The summed E-state index contributed by atoms with van der Waals surface area (Å²) in [5.74, 6) is 0.329. The van der Waals surface area contributed by atoms with Gasteiger partial charge in [-0.1, -0.05) is 0 Å². The second-order valence-corrected chi connectivity index (χ2v) is 4.91. The van der Waals surface area contributed by atoms with Crippen LogP contribution in [0.25, 0.3) is 0 Å². The lowest BCUT2D eigenvalue weighted by Gasteiger charge is -2.38. The fraction of sp³-hybridized carbons (Fsp3) is 0.455. The van der Waals surface area contributed by atoms with Crippen LogP contribution in [0.5, 0.6) is 5.88 Å². The van der Waals surface area contributed by atoms with Crippen LogP contribution < -0.4 is 4.74 Å². The molecule has 0 aromatic carbocycles. The van der Waals surface area contributed by atoms with E-state index >= 15 is 0 Å². The van der Waals surface area contributed by atoms with Gasteiger partial charge in [0.15, 0.2) is 0 Å². The minimum atomic E-state index is -0.0485. The van der Waals surface area contributed by atoms with Gasteiger partial charge in [0.25, 0.3) is 5.91 Å². The number of methoxy groups -OCH3 is 2. The number of amides is 1. The number of carbonyl (C=O) groups excluding carboxylic acids is 1. The Labute approximate surface area is 113 Å². The SMILES string of the molecule is COc1nccc(I)c1C(=O)N1CC(OC)C1. The smallest absolute Gasteiger partial charge is 0.260 e. The third-order valence-electron chi connectivity index (χ3n) is 2.74. The van der Waals surface area contributed by atoms with Gasteiger partial charge in [-0.3, -0.25) is 4.79 Å². The van der Waals surface area contributed by atoms with Gasteiger partial charge in [0.05, 0.1) is 13.2 Å². The van der Waals surface area contributed by atoms with Crippen LogP contribution in [0.2, 0.25) is 0 Å². The minimum absolute atomic E-state index is 0.0485. The van der Waals surface area contributed by atoms with Crippen LogP contribution in [-0.4, -0.2) is 49.2 Å². The highest BCUT2D eigenvalue weighted by molar-refractivity contribution is 14.1. The van der Waals surface area contributed by atoms with Crippen molar-refractivity contribution >= 4 is 28.5 Å². The first-order valence-electron chi connectivity index (χ1n) is 5.18. The van der Waals surface area contributed by atoms with Crippen molar-refractivity contribution in [1.82, 2.24) is 9.88 Å². The van der Waals surface area contributed by atoms with E-state index in [-0.39, 0.29) is 12.0 Å². The van der Waals surface area contributed by atoms with Gasteiger partial charge < -0.3 is 14.4 Å². The Hall–Kier alpha value is -0.890. The topological polar surface area (TPSA) is 51.7 Å². The normalized spacial score (nSPS) is 15.6. The van der Waals surface area contributed by atoms with Crippen molar-refractivity contribution in [2.24, 2.45) is 0 Å². The largest absolute Gasteiger partial charge is 0.480 e. The van der Waals surface area contributed by atoms with Gasteiger partial charge in [0.2, 0.25) is 5.88 Å². The highest BCUT2D eigenvalue weighted by Crippen LogP contribution is 2.25. The third-order valence-corrected chi connectivity index (χ3v) is 3.64. The molecular weight excluding hydrogens is 335 g/mol. The average Bonchev–Trinajstić information content (AvgIpc) is 2.26. The standard InChI is InChI=1S/C11H13IN2O3/c1-16-7-5-14(6-7)11(15)9-8(12)3-4-13-10(9)17-2/h3-4,7H,5-6H2,1-2H3. The van der Waals surface area contributed by atoms with Crippen molar-refractivity contribution < 1.29 is 14.3 Å². The average molecular weight is 348 g/mol. The molecule has 1 aliphatic rings. The molecule has 1 aliphatic heterocycles. The summed E-state index contributed by atoms with van der Waals surface area (Å²) in [6.45, 7) is 1.26. The molecule has 1 fully saturated rings. The Bertz CT molecular complexity index is 433. The van der Waals surface area contributed by atoms with Crippen LogP contribution in [0.15, 0.2) is 12.3 Å². The number of halogens is 1. The Kier molecular flexibility index (Phi) is 3.82. The monoisotopic (exact) mass is 348 g/mol. The number of ether oxygens (including phenoxy) is 2. The molecule has 0 saturated carbocycles. The van der Waals surface area contributed by atoms with E-state index in [0.717, 1.165) is 3.57 Å². The van der Waals surface area contributed by atoms with E-state index < -0.39 is 0 Å². The lowest BCUT2D eigenvalue weighted by atomic mass is 10.1. The van der Waals surface area contributed by atoms with Crippen LogP contribution in [0, 0.1) is 3.57 Å². The van der Waals surface area contributed by atoms with E-state index in [9.17, 15) is 4.79 Å². The van der Waals surface area contributed by atoms with E-state index in [1.54, 1.807) is 24.3 Å². The van der Waals surface area contributed by atoms with Crippen LogP contribution in [-0.2, 0) is 4.74 Å². The van der Waals surface area contributed by atoms with Gasteiger partial charge >= 0.3 is 0 Å². The van der Waals surface area contributed by atoms with Crippen molar-refractivity contribution in [3.8, 4) is 5.88 Å². The van der Waals surface area contributed by atoms with Crippen molar-refractivity contribution in [1.29, 1.82) is 0 Å². The molecule has 1 aromatic rings. The summed E-state index contributed by atoms with van der Waals surface area (Å²) in [7, 11) is 3.17. The fourth-order valence-electron chi connectivity index (χ4n) is 1.68. The third kappa shape index (κ3) is 2.37. The molecule has 0 spiro atoms. The maximum atomic E-state index is 12.2. The highest BCUT2D eigenvalue weighted by atomic mass is 127. The van der Waals surface area contributed by atoms with E-state index in [2.05, 4.69) is 27.6 Å². The maximum absolute atomic E-state index is 12.2. The van der Waals surface area contributed by atoms with E-state index in [1.807, 2.05) is 0 Å². The lowest BCUT2D eigenvalue weighted by molar-refractivity contribution is -0.0194. The molecule has 0 unspecified atom stereocenters. The fourth-order valence-corrected chi connectivity index (χ4v) is 2.30. The predicted molar refractivity (Wildman–Crippen MR) is 70.2 cm³/mol. The highest BCUT2D eigenvalue weighted by Gasteiger charge is 2.33. The van der Waals surface area contributed by atoms with Crippen molar-refractivity contribution in [2.75, 3.05) is 27.3 Å². The molecule has 6 heteroatoms. The molecular formula is C11H13IN2O3. The molecule has 1 amide bonds. The molecule has 1 saturated heterocycles. The zero-order valence-corrected chi connectivity index (χ0v) is 11.8. The maximum Gasteiger partial charge on any atom is 0.260 e. The predicted octanol–water partition coefficient (Wildman–Crippen LogP) is 1.17. The van der Waals surface area contributed by atoms with Crippen LogP contribution >= 0.6 is 22.6 Å². The molecule has 0 atom stereocenters. The number of pyridine rings is 1. The lowest BCUT2D eigenvalue weighted by Crippen LogP contribution is -2.54. The van der Waals surface area contributed by atoms with E-state index in [4.69, 9.17) is 9.47 Å². The van der Waals surface area contributed by atoms with Crippen LogP contribution in [0.1, 0.15) is 10.4 Å². The van der Waals surface area contributed by atoms with E-state index in [1.165, 1.54) is 7.11 Å². The number of carbonyl (C=O) groups is 1. The Balaban J connectivity index is 2.20. The number of rotatable bonds is 3. The molecule has 0 radical (unpaired) electrons. The summed E-state index contributed by atoms with van der Waals surface area (Å²) >= 11 is 2.11. The van der Waals surface area contributed by atoms with Gasteiger partial charge in [-0.15, -0.1) is 0 Å². The molecule has 17 heavy (non-hydrogen) atoms.